The van der Waals surface area contributed by atoms with Crippen molar-refractivity contribution >= 4 is 5.91 Å². The van der Waals surface area contributed by atoms with Crippen LogP contribution in [-0.2, 0) is 0 Å². The van der Waals surface area contributed by atoms with Gasteiger partial charge in [0, 0.05) is 18.7 Å². The monoisotopic (exact) mass is 245 g/mol. The molecule has 0 bridgehead atoms. The molecule has 0 fully saturated rings. The normalized spacial score (nSPS) is 9.89. The Balaban J connectivity index is 2.22. The summed E-state index contributed by atoms with van der Waals surface area (Å²) in [4.78, 5) is 11.4. The van der Waals surface area contributed by atoms with E-state index in [1.165, 1.54) is 12.1 Å². The zero-order valence-corrected chi connectivity index (χ0v) is 9.81. The lowest BCUT2D eigenvalue weighted by Crippen LogP contribution is -2.17. The molecule has 2 aromatic rings. The topological polar surface area (TPSA) is 38.3 Å². The highest BCUT2D eigenvalue weighted by atomic mass is 19.1. The van der Waals surface area contributed by atoms with Gasteiger partial charge in [0.15, 0.2) is 0 Å². The first kappa shape index (κ1) is 12.1. The summed E-state index contributed by atoms with van der Waals surface area (Å²) in [5.41, 5.74) is 0.492. The molecule has 1 amide bonds. The predicted octanol–water partition coefficient (Wildman–Crippen LogP) is 2.98. The number of ether oxygens (including phenoxy) is 1. The second-order valence-electron chi connectivity index (χ2n) is 3.67. The number of amides is 1. The minimum absolute atomic E-state index is 0.195. The van der Waals surface area contributed by atoms with Gasteiger partial charge in [-0.1, -0.05) is 12.1 Å². The fourth-order valence-corrected chi connectivity index (χ4v) is 1.51. The number of halogens is 1. The Bertz CT molecular complexity index is 569. The van der Waals surface area contributed by atoms with Crippen molar-refractivity contribution in [1.29, 1.82) is 0 Å². The first-order valence-corrected chi connectivity index (χ1v) is 5.44. The highest BCUT2D eigenvalue weighted by molar-refractivity contribution is 5.94. The molecule has 18 heavy (non-hydrogen) atoms. The van der Waals surface area contributed by atoms with Gasteiger partial charge in [-0.05, 0) is 30.3 Å². The van der Waals surface area contributed by atoms with E-state index >= 15 is 0 Å². The van der Waals surface area contributed by atoms with Crippen molar-refractivity contribution in [1.82, 2.24) is 5.32 Å². The molecule has 92 valence electrons. The zero-order chi connectivity index (χ0) is 13.0. The number of benzene rings is 2. The third-order valence-corrected chi connectivity index (χ3v) is 2.36. The zero-order valence-electron chi connectivity index (χ0n) is 9.81. The van der Waals surface area contributed by atoms with Gasteiger partial charge in [0.1, 0.15) is 17.3 Å². The second kappa shape index (κ2) is 5.31. The summed E-state index contributed by atoms with van der Waals surface area (Å²) < 4.78 is 18.5. The van der Waals surface area contributed by atoms with Gasteiger partial charge in [-0.25, -0.2) is 4.39 Å². The molecule has 0 aliphatic carbocycles. The van der Waals surface area contributed by atoms with Gasteiger partial charge in [-0.3, -0.25) is 4.79 Å². The Hall–Kier alpha value is -2.36. The van der Waals surface area contributed by atoms with Gasteiger partial charge in [0.25, 0.3) is 5.91 Å². The molecule has 0 aliphatic heterocycles. The minimum Gasteiger partial charge on any atom is -0.457 e. The van der Waals surface area contributed by atoms with Crippen LogP contribution in [0.2, 0.25) is 0 Å². The fraction of sp³-hybridized carbons (Fsp3) is 0.0714. The van der Waals surface area contributed by atoms with Crippen LogP contribution in [-0.4, -0.2) is 13.0 Å². The molecule has 0 aliphatic rings. The van der Waals surface area contributed by atoms with Crippen LogP contribution in [0.5, 0.6) is 11.5 Å². The maximum absolute atomic E-state index is 13.0. The molecule has 0 saturated carbocycles. The highest BCUT2D eigenvalue weighted by Crippen LogP contribution is 2.22. The first-order valence-electron chi connectivity index (χ1n) is 5.44. The van der Waals surface area contributed by atoms with Crippen LogP contribution >= 0.6 is 0 Å². The van der Waals surface area contributed by atoms with E-state index in [2.05, 4.69) is 5.32 Å². The van der Waals surface area contributed by atoms with Crippen LogP contribution in [0, 0.1) is 5.82 Å². The summed E-state index contributed by atoms with van der Waals surface area (Å²) in [6.07, 6.45) is 0. The van der Waals surface area contributed by atoms with Crippen LogP contribution in [0.25, 0.3) is 0 Å². The molecule has 2 rings (SSSR count). The largest absolute Gasteiger partial charge is 0.457 e. The van der Waals surface area contributed by atoms with Crippen molar-refractivity contribution in [2.75, 3.05) is 7.05 Å². The van der Waals surface area contributed by atoms with Crippen molar-refractivity contribution < 1.29 is 13.9 Å². The summed E-state index contributed by atoms with van der Waals surface area (Å²) in [7, 11) is 1.56. The van der Waals surface area contributed by atoms with Crippen molar-refractivity contribution in [2.45, 2.75) is 0 Å². The minimum atomic E-state index is -0.366. The Kier molecular flexibility index (Phi) is 3.57. The predicted molar refractivity (Wildman–Crippen MR) is 66.3 cm³/mol. The number of carbonyl (C=O) groups is 1. The number of nitrogens with one attached hydrogen (secondary N) is 1. The summed E-state index contributed by atoms with van der Waals surface area (Å²) in [6, 6.07) is 12.5. The quantitative estimate of drug-likeness (QED) is 0.902. The summed E-state index contributed by atoms with van der Waals surface area (Å²) in [6.45, 7) is 0. The van der Waals surface area contributed by atoms with Crippen molar-refractivity contribution in [3.05, 3.63) is 59.9 Å². The van der Waals surface area contributed by atoms with Crippen LogP contribution < -0.4 is 10.1 Å². The average Bonchev–Trinajstić information content (AvgIpc) is 2.38. The van der Waals surface area contributed by atoms with E-state index in [1.807, 2.05) is 0 Å². The molecule has 0 saturated heterocycles. The van der Waals surface area contributed by atoms with Crippen LogP contribution in [0.3, 0.4) is 0 Å². The molecular formula is C14H12FNO2. The van der Waals surface area contributed by atoms with Gasteiger partial charge >= 0.3 is 0 Å². The molecule has 0 unspecified atom stereocenters. The molecule has 4 heteroatoms. The number of hydrogen-bond donors (Lipinski definition) is 1. The second-order valence-corrected chi connectivity index (χ2v) is 3.67. The highest BCUT2D eigenvalue weighted by Gasteiger charge is 2.05. The Morgan fingerprint density at radius 2 is 1.78 bits per heavy atom. The number of carbonyl (C=O) groups excluding carboxylic acids is 1. The van der Waals surface area contributed by atoms with Gasteiger partial charge in [0.05, 0.1) is 0 Å². The summed E-state index contributed by atoms with van der Waals surface area (Å²) >= 11 is 0. The van der Waals surface area contributed by atoms with E-state index in [9.17, 15) is 9.18 Å². The lowest BCUT2D eigenvalue weighted by Gasteiger charge is -2.07. The van der Waals surface area contributed by atoms with Crippen LogP contribution in [0.15, 0.2) is 48.5 Å². The fourth-order valence-electron chi connectivity index (χ4n) is 1.51. The molecule has 0 atom stereocenters. The van der Waals surface area contributed by atoms with Gasteiger partial charge < -0.3 is 10.1 Å². The summed E-state index contributed by atoms with van der Waals surface area (Å²) in [5, 5.41) is 2.53. The smallest absolute Gasteiger partial charge is 0.251 e. The van der Waals surface area contributed by atoms with E-state index in [4.69, 9.17) is 4.74 Å². The van der Waals surface area contributed by atoms with E-state index in [0.717, 1.165) is 0 Å². The Morgan fingerprint density at radius 3 is 2.44 bits per heavy atom. The average molecular weight is 245 g/mol. The molecule has 0 radical (unpaired) electrons. The van der Waals surface area contributed by atoms with Crippen LogP contribution in [0.1, 0.15) is 10.4 Å². The number of hydrogen-bond acceptors (Lipinski definition) is 2. The SMILES string of the molecule is CNC(=O)c1cccc(Oc2cccc(F)c2)c1. The van der Waals surface area contributed by atoms with Gasteiger partial charge in [0.2, 0.25) is 0 Å². The van der Waals surface area contributed by atoms with E-state index in [-0.39, 0.29) is 11.7 Å². The maximum atomic E-state index is 13.0. The Morgan fingerprint density at radius 1 is 1.11 bits per heavy atom. The molecular weight excluding hydrogens is 233 g/mol. The molecule has 3 nitrogen and oxygen atoms in total. The summed E-state index contributed by atoms with van der Waals surface area (Å²) in [5.74, 6) is 0.320. The van der Waals surface area contributed by atoms with Crippen molar-refractivity contribution in [3.63, 3.8) is 0 Å². The molecule has 0 aromatic heterocycles. The van der Waals surface area contributed by atoms with Crippen molar-refractivity contribution in [2.24, 2.45) is 0 Å². The van der Waals surface area contributed by atoms with Crippen molar-refractivity contribution in [3.8, 4) is 11.5 Å². The molecule has 0 heterocycles. The van der Waals surface area contributed by atoms with Gasteiger partial charge in [-0.15, -0.1) is 0 Å². The van der Waals surface area contributed by atoms with E-state index < -0.39 is 0 Å². The lowest BCUT2D eigenvalue weighted by molar-refractivity contribution is 0.0963. The third-order valence-electron chi connectivity index (χ3n) is 2.36. The van der Waals surface area contributed by atoms with E-state index in [1.54, 1.807) is 43.4 Å². The molecule has 1 N–H and O–H groups in total. The van der Waals surface area contributed by atoms with Gasteiger partial charge in [-0.2, -0.15) is 0 Å². The van der Waals surface area contributed by atoms with Crippen LogP contribution in [0.4, 0.5) is 4.39 Å². The standard InChI is InChI=1S/C14H12FNO2/c1-16-14(17)10-4-2-6-12(8-10)18-13-7-3-5-11(15)9-13/h2-9H,1H3,(H,16,17). The molecule has 0 spiro atoms. The Labute approximate surface area is 104 Å². The number of rotatable bonds is 3. The lowest BCUT2D eigenvalue weighted by atomic mass is 10.2. The molecule has 2 aromatic carbocycles. The first-order chi connectivity index (χ1) is 8.69. The van der Waals surface area contributed by atoms with E-state index in [0.29, 0.717) is 17.1 Å². The third kappa shape index (κ3) is 2.85. The maximum Gasteiger partial charge on any atom is 0.251 e.